The number of benzene rings is 2. The molecule has 0 saturated heterocycles. The van der Waals surface area contributed by atoms with Gasteiger partial charge in [0.1, 0.15) is 0 Å². The predicted molar refractivity (Wildman–Crippen MR) is 92.0 cm³/mol. The van der Waals surface area contributed by atoms with E-state index in [4.69, 9.17) is 19.9 Å². The second-order valence-electron chi connectivity index (χ2n) is 4.74. The first kappa shape index (κ1) is 17.1. The Labute approximate surface area is 140 Å². The van der Waals surface area contributed by atoms with Crippen molar-refractivity contribution in [3.8, 4) is 17.2 Å². The molecule has 0 aliphatic rings. The minimum Gasteiger partial charge on any atom is -0.493 e. The highest BCUT2D eigenvalue weighted by molar-refractivity contribution is 5.95. The number of hydrogen-bond donors (Lipinski definition) is 2. The highest BCUT2D eigenvalue weighted by atomic mass is 16.5. The highest BCUT2D eigenvalue weighted by Gasteiger charge is 2.14. The summed E-state index contributed by atoms with van der Waals surface area (Å²) >= 11 is 0. The molecule has 0 heterocycles. The number of nitrogen functional groups attached to an aromatic ring is 1. The maximum Gasteiger partial charge on any atom is 0.271 e. The standard InChI is InChI=1S/C17H19N3O4/c1-22-14-9-6-12(15(23-2)16(14)24-3)10-19-20-17(21)11-4-7-13(18)8-5-11/h4-10H,18H2,1-3H3,(H,20,21)/b19-10+. The van der Waals surface area contributed by atoms with Crippen LogP contribution in [0.5, 0.6) is 17.2 Å². The summed E-state index contributed by atoms with van der Waals surface area (Å²) in [7, 11) is 4.57. The van der Waals surface area contributed by atoms with E-state index in [2.05, 4.69) is 10.5 Å². The average Bonchev–Trinajstić information content (AvgIpc) is 2.61. The first-order valence-corrected chi connectivity index (χ1v) is 7.08. The monoisotopic (exact) mass is 329 g/mol. The number of methoxy groups -OCH3 is 3. The van der Waals surface area contributed by atoms with Gasteiger partial charge in [0.25, 0.3) is 5.91 Å². The lowest BCUT2D eigenvalue weighted by atomic mass is 10.2. The fraction of sp³-hybridized carbons (Fsp3) is 0.176. The zero-order valence-electron chi connectivity index (χ0n) is 13.7. The molecule has 0 aliphatic heterocycles. The Morgan fingerprint density at radius 1 is 1.00 bits per heavy atom. The number of rotatable bonds is 6. The van der Waals surface area contributed by atoms with Crippen LogP contribution in [0, 0.1) is 0 Å². The SMILES string of the molecule is COc1ccc(/C=N/NC(=O)c2ccc(N)cc2)c(OC)c1OC. The Balaban J connectivity index is 2.17. The maximum atomic E-state index is 12.0. The van der Waals surface area contributed by atoms with Crippen LogP contribution < -0.4 is 25.4 Å². The van der Waals surface area contributed by atoms with Crippen LogP contribution in [0.1, 0.15) is 15.9 Å². The van der Waals surface area contributed by atoms with Gasteiger partial charge >= 0.3 is 0 Å². The molecule has 24 heavy (non-hydrogen) atoms. The van der Waals surface area contributed by atoms with E-state index in [9.17, 15) is 4.79 Å². The molecule has 126 valence electrons. The van der Waals surface area contributed by atoms with Crippen LogP contribution in [0.2, 0.25) is 0 Å². The van der Waals surface area contributed by atoms with E-state index in [-0.39, 0.29) is 5.91 Å². The average molecular weight is 329 g/mol. The molecule has 7 nitrogen and oxygen atoms in total. The van der Waals surface area contributed by atoms with Crippen molar-refractivity contribution in [2.45, 2.75) is 0 Å². The van der Waals surface area contributed by atoms with Gasteiger partial charge in [-0.2, -0.15) is 5.10 Å². The van der Waals surface area contributed by atoms with Crippen molar-refractivity contribution in [2.24, 2.45) is 5.10 Å². The Kier molecular flexibility index (Phi) is 5.62. The molecular formula is C17H19N3O4. The van der Waals surface area contributed by atoms with Gasteiger partial charge in [0.2, 0.25) is 5.75 Å². The predicted octanol–water partition coefficient (Wildman–Crippen LogP) is 2.06. The molecular weight excluding hydrogens is 310 g/mol. The summed E-state index contributed by atoms with van der Waals surface area (Å²) in [5.41, 5.74) is 9.71. The summed E-state index contributed by atoms with van der Waals surface area (Å²) < 4.78 is 15.9. The first-order valence-electron chi connectivity index (χ1n) is 7.08. The van der Waals surface area contributed by atoms with E-state index >= 15 is 0 Å². The van der Waals surface area contributed by atoms with Gasteiger partial charge in [-0.25, -0.2) is 5.43 Å². The first-order chi connectivity index (χ1) is 11.6. The number of carbonyl (C=O) groups is 1. The number of amides is 1. The molecule has 7 heteroatoms. The highest BCUT2D eigenvalue weighted by Crippen LogP contribution is 2.38. The second-order valence-corrected chi connectivity index (χ2v) is 4.74. The lowest BCUT2D eigenvalue weighted by Gasteiger charge is -2.13. The topological polar surface area (TPSA) is 95.2 Å². The van der Waals surface area contributed by atoms with E-state index in [1.807, 2.05) is 0 Å². The van der Waals surface area contributed by atoms with Crippen LogP contribution in [0.25, 0.3) is 0 Å². The van der Waals surface area contributed by atoms with Crippen molar-refractivity contribution in [1.29, 1.82) is 0 Å². The Morgan fingerprint density at radius 2 is 1.67 bits per heavy atom. The zero-order chi connectivity index (χ0) is 17.5. The van der Waals surface area contributed by atoms with Crippen molar-refractivity contribution in [2.75, 3.05) is 27.1 Å². The number of nitrogens with two attached hydrogens (primary N) is 1. The lowest BCUT2D eigenvalue weighted by molar-refractivity contribution is 0.0955. The number of ether oxygens (including phenoxy) is 3. The van der Waals surface area contributed by atoms with Crippen LogP contribution >= 0.6 is 0 Å². The molecule has 0 atom stereocenters. The third-order valence-corrected chi connectivity index (χ3v) is 3.28. The molecule has 0 saturated carbocycles. The Morgan fingerprint density at radius 3 is 2.25 bits per heavy atom. The number of hydrazone groups is 1. The number of hydrogen-bond acceptors (Lipinski definition) is 6. The molecule has 2 aromatic rings. The van der Waals surface area contributed by atoms with E-state index in [1.165, 1.54) is 27.5 Å². The van der Waals surface area contributed by atoms with Gasteiger partial charge in [0, 0.05) is 16.8 Å². The summed E-state index contributed by atoms with van der Waals surface area (Å²) in [6, 6.07) is 10.0. The largest absolute Gasteiger partial charge is 0.493 e. The molecule has 2 rings (SSSR count). The molecule has 0 aromatic heterocycles. The summed E-state index contributed by atoms with van der Waals surface area (Å²) in [6.07, 6.45) is 1.47. The minimum atomic E-state index is -0.342. The number of anilines is 1. The number of nitrogens with one attached hydrogen (secondary N) is 1. The van der Waals surface area contributed by atoms with Crippen LogP contribution in [0.15, 0.2) is 41.5 Å². The van der Waals surface area contributed by atoms with Gasteiger partial charge in [0.05, 0.1) is 27.5 Å². The third kappa shape index (κ3) is 3.75. The summed E-state index contributed by atoms with van der Waals surface area (Å²) in [5, 5.41) is 3.95. The molecule has 0 fully saturated rings. The number of carbonyl (C=O) groups excluding carboxylic acids is 1. The Hall–Kier alpha value is -3.22. The normalized spacial score (nSPS) is 10.5. The van der Waals surface area contributed by atoms with Gasteiger partial charge < -0.3 is 19.9 Å². The quantitative estimate of drug-likeness (QED) is 0.480. The molecule has 0 spiro atoms. The second kappa shape index (κ2) is 7.87. The van der Waals surface area contributed by atoms with Crippen molar-refractivity contribution in [3.05, 3.63) is 47.5 Å². The van der Waals surface area contributed by atoms with Gasteiger partial charge in [-0.15, -0.1) is 0 Å². The Bertz CT molecular complexity index is 742. The van der Waals surface area contributed by atoms with E-state index in [0.29, 0.717) is 34.1 Å². The lowest BCUT2D eigenvalue weighted by Crippen LogP contribution is -2.17. The van der Waals surface area contributed by atoms with Crippen LogP contribution in [0.4, 0.5) is 5.69 Å². The fourth-order valence-electron chi connectivity index (χ4n) is 2.09. The fourth-order valence-corrected chi connectivity index (χ4v) is 2.09. The van der Waals surface area contributed by atoms with E-state index in [0.717, 1.165) is 0 Å². The van der Waals surface area contributed by atoms with Gasteiger partial charge in [0.15, 0.2) is 11.5 Å². The molecule has 0 radical (unpaired) electrons. The van der Waals surface area contributed by atoms with E-state index < -0.39 is 0 Å². The summed E-state index contributed by atoms with van der Waals surface area (Å²) in [6.45, 7) is 0. The molecule has 0 unspecified atom stereocenters. The van der Waals surface area contributed by atoms with Crippen molar-refractivity contribution in [1.82, 2.24) is 5.43 Å². The van der Waals surface area contributed by atoms with E-state index in [1.54, 1.807) is 36.4 Å². The number of nitrogens with zero attached hydrogens (tertiary/aromatic N) is 1. The van der Waals surface area contributed by atoms with Gasteiger partial charge in [-0.05, 0) is 36.4 Å². The molecule has 0 bridgehead atoms. The minimum absolute atomic E-state index is 0.342. The zero-order valence-corrected chi connectivity index (χ0v) is 13.7. The molecule has 3 N–H and O–H groups in total. The van der Waals surface area contributed by atoms with Crippen LogP contribution in [-0.2, 0) is 0 Å². The summed E-state index contributed by atoms with van der Waals surface area (Å²) in [4.78, 5) is 12.0. The third-order valence-electron chi connectivity index (χ3n) is 3.28. The van der Waals surface area contributed by atoms with Crippen molar-refractivity contribution >= 4 is 17.8 Å². The smallest absolute Gasteiger partial charge is 0.271 e. The summed E-state index contributed by atoms with van der Waals surface area (Å²) in [5.74, 6) is 1.11. The van der Waals surface area contributed by atoms with Crippen LogP contribution in [-0.4, -0.2) is 33.5 Å². The van der Waals surface area contributed by atoms with Crippen molar-refractivity contribution < 1.29 is 19.0 Å². The molecule has 2 aromatic carbocycles. The van der Waals surface area contributed by atoms with Crippen molar-refractivity contribution in [3.63, 3.8) is 0 Å². The van der Waals surface area contributed by atoms with Gasteiger partial charge in [-0.3, -0.25) is 4.79 Å². The molecule has 0 aliphatic carbocycles. The van der Waals surface area contributed by atoms with Crippen LogP contribution in [0.3, 0.4) is 0 Å². The van der Waals surface area contributed by atoms with Gasteiger partial charge in [-0.1, -0.05) is 0 Å². The molecule has 1 amide bonds. The maximum absolute atomic E-state index is 12.0.